The van der Waals surface area contributed by atoms with Gasteiger partial charge in [-0.25, -0.2) is 0 Å². The normalized spacial score (nSPS) is 13.8. The van der Waals surface area contributed by atoms with Crippen LogP contribution < -0.4 is 5.32 Å². The monoisotopic (exact) mass is 487 g/mol. The van der Waals surface area contributed by atoms with E-state index in [2.05, 4.69) is 21.3 Å². The number of amides is 1. The van der Waals surface area contributed by atoms with Gasteiger partial charge in [-0.15, -0.1) is 0 Å². The average Bonchev–Trinajstić information content (AvgIpc) is 2.89. The van der Waals surface area contributed by atoms with E-state index in [1.165, 1.54) is 28.8 Å². The van der Waals surface area contributed by atoms with E-state index in [4.69, 9.17) is 0 Å². The molecular formula is C29H24F3N3O. The molecule has 0 atom stereocenters. The lowest BCUT2D eigenvalue weighted by Gasteiger charge is -2.29. The zero-order chi connectivity index (χ0) is 25.1. The maximum atomic E-state index is 13.2. The molecule has 3 aromatic carbocycles. The second-order valence-electron chi connectivity index (χ2n) is 8.88. The van der Waals surface area contributed by atoms with Crippen LogP contribution in [0.2, 0.25) is 0 Å². The van der Waals surface area contributed by atoms with Crippen molar-refractivity contribution in [2.24, 2.45) is 0 Å². The third kappa shape index (κ3) is 5.31. The lowest BCUT2D eigenvalue weighted by Crippen LogP contribution is -2.30. The number of carbonyl (C=O) groups excluding carboxylic acids is 1. The summed E-state index contributed by atoms with van der Waals surface area (Å²) in [6.45, 7) is 2.58. The molecule has 182 valence electrons. The number of hydrogen-bond donors (Lipinski definition) is 1. The predicted molar refractivity (Wildman–Crippen MR) is 133 cm³/mol. The summed E-state index contributed by atoms with van der Waals surface area (Å²) in [7, 11) is 0. The highest BCUT2D eigenvalue weighted by atomic mass is 19.4. The van der Waals surface area contributed by atoms with Crippen LogP contribution in [0.1, 0.15) is 32.6 Å². The Morgan fingerprint density at radius 1 is 0.944 bits per heavy atom. The fourth-order valence-electron chi connectivity index (χ4n) is 4.54. The third-order valence-corrected chi connectivity index (χ3v) is 6.38. The maximum absolute atomic E-state index is 13.2. The molecule has 2 heterocycles. The average molecular weight is 488 g/mol. The van der Waals surface area contributed by atoms with Gasteiger partial charge in [0.05, 0.1) is 5.56 Å². The molecule has 0 unspecified atom stereocenters. The van der Waals surface area contributed by atoms with Gasteiger partial charge in [0.2, 0.25) is 0 Å². The van der Waals surface area contributed by atoms with E-state index >= 15 is 0 Å². The molecule has 36 heavy (non-hydrogen) atoms. The van der Waals surface area contributed by atoms with Gasteiger partial charge >= 0.3 is 6.18 Å². The number of nitrogens with zero attached hydrogens (tertiary/aromatic N) is 2. The van der Waals surface area contributed by atoms with Gasteiger partial charge in [-0.3, -0.25) is 14.7 Å². The van der Waals surface area contributed by atoms with Crippen molar-refractivity contribution in [1.82, 2.24) is 9.88 Å². The molecule has 1 amide bonds. The molecule has 5 rings (SSSR count). The molecular weight excluding hydrogens is 463 g/mol. The number of alkyl halides is 3. The summed E-state index contributed by atoms with van der Waals surface area (Å²) in [6, 6.07) is 21.7. The van der Waals surface area contributed by atoms with Crippen LogP contribution in [0.4, 0.5) is 18.9 Å². The van der Waals surface area contributed by atoms with Gasteiger partial charge in [0.1, 0.15) is 0 Å². The van der Waals surface area contributed by atoms with Crippen LogP contribution in [0.25, 0.3) is 11.1 Å². The number of nitrogens with one attached hydrogen (secondary N) is 1. The molecule has 0 radical (unpaired) electrons. The van der Waals surface area contributed by atoms with E-state index in [-0.39, 0.29) is 5.91 Å². The summed E-state index contributed by atoms with van der Waals surface area (Å²) < 4.78 is 38.8. The highest BCUT2D eigenvalue weighted by Crippen LogP contribution is 2.32. The predicted octanol–water partition coefficient (Wildman–Crippen LogP) is 6.58. The smallest absolute Gasteiger partial charge is 0.322 e. The van der Waals surface area contributed by atoms with E-state index in [1.807, 2.05) is 30.5 Å². The van der Waals surface area contributed by atoms with Crippen molar-refractivity contribution in [3.63, 3.8) is 0 Å². The van der Waals surface area contributed by atoms with Gasteiger partial charge in [0, 0.05) is 43.3 Å². The molecule has 0 saturated carbocycles. The van der Waals surface area contributed by atoms with Crippen molar-refractivity contribution < 1.29 is 18.0 Å². The van der Waals surface area contributed by atoms with Crippen LogP contribution in [0, 0.1) is 0 Å². The topological polar surface area (TPSA) is 45.2 Å². The second-order valence-corrected chi connectivity index (χ2v) is 8.88. The molecule has 0 saturated heterocycles. The first-order valence-corrected chi connectivity index (χ1v) is 11.7. The Morgan fingerprint density at radius 2 is 1.75 bits per heavy atom. The second kappa shape index (κ2) is 9.95. The van der Waals surface area contributed by atoms with E-state index < -0.39 is 11.7 Å². The van der Waals surface area contributed by atoms with Gasteiger partial charge in [0.15, 0.2) is 0 Å². The zero-order valence-electron chi connectivity index (χ0n) is 19.4. The van der Waals surface area contributed by atoms with Crippen molar-refractivity contribution in [2.75, 3.05) is 11.9 Å². The quantitative estimate of drug-likeness (QED) is 0.346. The highest BCUT2D eigenvalue weighted by Gasteiger charge is 2.30. The molecule has 1 aliphatic rings. The number of benzene rings is 3. The fraction of sp³-hybridized carbons (Fsp3) is 0.172. The van der Waals surface area contributed by atoms with Gasteiger partial charge in [0.25, 0.3) is 5.91 Å². The summed E-state index contributed by atoms with van der Waals surface area (Å²) in [4.78, 5) is 19.7. The van der Waals surface area contributed by atoms with Crippen molar-refractivity contribution in [3.05, 3.63) is 119 Å². The number of anilines is 1. The number of halogens is 3. The number of pyridine rings is 1. The van der Waals surface area contributed by atoms with Crippen molar-refractivity contribution >= 4 is 11.6 Å². The first-order valence-electron chi connectivity index (χ1n) is 11.7. The Kier molecular flexibility index (Phi) is 6.57. The summed E-state index contributed by atoms with van der Waals surface area (Å²) in [6.07, 6.45) is 0.128. The van der Waals surface area contributed by atoms with E-state index in [0.29, 0.717) is 22.4 Å². The van der Waals surface area contributed by atoms with Gasteiger partial charge < -0.3 is 5.32 Å². The van der Waals surface area contributed by atoms with Crippen molar-refractivity contribution in [2.45, 2.75) is 25.7 Å². The molecule has 0 bridgehead atoms. The molecule has 0 aliphatic carbocycles. The van der Waals surface area contributed by atoms with E-state index in [1.54, 1.807) is 30.5 Å². The first-order chi connectivity index (χ1) is 17.4. The lowest BCUT2D eigenvalue weighted by atomic mass is 9.97. The number of rotatable bonds is 5. The largest absolute Gasteiger partial charge is 0.416 e. The van der Waals surface area contributed by atoms with E-state index in [0.717, 1.165) is 38.2 Å². The Hall–Kier alpha value is -3.97. The standard InChI is InChI=1S/C29H24F3N3O/c30-29(31,32)24-10-7-21(8-11-24)26-5-1-2-6-27(26)28(36)34-25-12-9-23-19-35(15-13-22(23)16-25)18-20-4-3-14-33-17-20/h1-12,14,16-17H,13,15,18-19H2,(H,34,36). The Labute approximate surface area is 207 Å². The number of carbonyl (C=O) groups is 1. The van der Waals surface area contributed by atoms with Crippen molar-refractivity contribution in [1.29, 1.82) is 0 Å². The fourth-order valence-corrected chi connectivity index (χ4v) is 4.54. The van der Waals surface area contributed by atoms with Crippen LogP contribution in [0.5, 0.6) is 0 Å². The van der Waals surface area contributed by atoms with E-state index in [9.17, 15) is 18.0 Å². The highest BCUT2D eigenvalue weighted by molar-refractivity contribution is 6.08. The maximum Gasteiger partial charge on any atom is 0.416 e. The summed E-state index contributed by atoms with van der Waals surface area (Å²) in [5.74, 6) is -0.306. The minimum absolute atomic E-state index is 0.306. The first kappa shape index (κ1) is 23.8. The minimum atomic E-state index is -4.41. The van der Waals surface area contributed by atoms with Crippen LogP contribution in [0.15, 0.2) is 91.3 Å². The molecule has 0 fully saturated rings. The Balaban J connectivity index is 1.30. The minimum Gasteiger partial charge on any atom is -0.322 e. The molecule has 1 aromatic heterocycles. The molecule has 1 aliphatic heterocycles. The SMILES string of the molecule is O=C(Nc1ccc2c(c1)CCN(Cc1cccnc1)C2)c1ccccc1-c1ccc(C(F)(F)F)cc1. The van der Waals surface area contributed by atoms with Gasteiger partial charge in [-0.1, -0.05) is 42.5 Å². The van der Waals surface area contributed by atoms with Crippen LogP contribution in [-0.4, -0.2) is 22.3 Å². The molecule has 4 nitrogen and oxygen atoms in total. The molecule has 0 spiro atoms. The van der Waals surface area contributed by atoms with Crippen LogP contribution >= 0.6 is 0 Å². The summed E-state index contributed by atoms with van der Waals surface area (Å²) in [5, 5.41) is 2.96. The molecule has 7 heteroatoms. The summed E-state index contributed by atoms with van der Waals surface area (Å²) in [5.41, 5.74) is 5.11. The lowest BCUT2D eigenvalue weighted by molar-refractivity contribution is -0.137. The molecule has 4 aromatic rings. The Bertz CT molecular complexity index is 1370. The summed E-state index contributed by atoms with van der Waals surface area (Å²) >= 11 is 0. The van der Waals surface area contributed by atoms with Gasteiger partial charge in [-0.2, -0.15) is 13.2 Å². The molecule has 1 N–H and O–H groups in total. The number of hydrogen-bond acceptors (Lipinski definition) is 3. The van der Waals surface area contributed by atoms with Crippen LogP contribution in [-0.2, 0) is 25.7 Å². The Morgan fingerprint density at radius 3 is 2.50 bits per heavy atom. The third-order valence-electron chi connectivity index (χ3n) is 6.38. The number of fused-ring (bicyclic) bond motifs is 1. The van der Waals surface area contributed by atoms with Gasteiger partial charge in [-0.05, 0) is 70.6 Å². The van der Waals surface area contributed by atoms with Crippen LogP contribution in [0.3, 0.4) is 0 Å². The zero-order valence-corrected chi connectivity index (χ0v) is 19.4. The number of aromatic nitrogens is 1. The van der Waals surface area contributed by atoms with Crippen molar-refractivity contribution in [3.8, 4) is 11.1 Å².